The molecular formula is C13H18N2O3. The number of esters is 1. The molecule has 3 N–H and O–H groups in total. The molecule has 1 amide bonds. The van der Waals surface area contributed by atoms with Crippen molar-refractivity contribution in [2.75, 3.05) is 7.11 Å². The lowest BCUT2D eigenvalue weighted by Crippen LogP contribution is -2.05. The van der Waals surface area contributed by atoms with E-state index in [4.69, 9.17) is 5.73 Å². The second-order valence-electron chi connectivity index (χ2n) is 4.08. The minimum absolute atomic E-state index is 0.232. The lowest BCUT2D eigenvalue weighted by molar-refractivity contribution is -0.140. The summed E-state index contributed by atoms with van der Waals surface area (Å²) >= 11 is 0. The fourth-order valence-corrected chi connectivity index (χ4v) is 1.85. The molecule has 0 spiro atoms. The molecule has 0 atom stereocenters. The quantitative estimate of drug-likeness (QED) is 0.609. The van der Waals surface area contributed by atoms with Crippen molar-refractivity contribution < 1.29 is 14.3 Å². The Hall–Kier alpha value is -2.04. The van der Waals surface area contributed by atoms with Crippen LogP contribution in [0.15, 0.2) is 6.08 Å². The largest absolute Gasteiger partial charge is 0.469 e. The van der Waals surface area contributed by atoms with E-state index in [2.05, 4.69) is 9.72 Å². The first-order chi connectivity index (χ1) is 8.45. The summed E-state index contributed by atoms with van der Waals surface area (Å²) in [4.78, 5) is 25.0. The molecule has 1 aromatic heterocycles. The average molecular weight is 250 g/mol. The SMILES string of the molecule is COC(=O)CCc1c(C)[nH]c(/C=C/C(N)=O)c1C. The molecule has 5 heteroatoms. The zero-order chi connectivity index (χ0) is 13.7. The summed E-state index contributed by atoms with van der Waals surface area (Å²) in [5, 5.41) is 0. The molecule has 0 saturated carbocycles. The normalized spacial score (nSPS) is 10.8. The Balaban J connectivity index is 2.87. The van der Waals surface area contributed by atoms with Crippen LogP contribution in [0.25, 0.3) is 6.08 Å². The van der Waals surface area contributed by atoms with Crippen LogP contribution in [-0.4, -0.2) is 24.0 Å². The van der Waals surface area contributed by atoms with E-state index in [1.165, 1.54) is 13.2 Å². The Morgan fingerprint density at radius 3 is 2.61 bits per heavy atom. The molecule has 0 aromatic carbocycles. The van der Waals surface area contributed by atoms with E-state index in [1.807, 2.05) is 13.8 Å². The minimum atomic E-state index is -0.488. The summed E-state index contributed by atoms with van der Waals surface area (Å²) in [6.45, 7) is 3.87. The van der Waals surface area contributed by atoms with E-state index in [0.717, 1.165) is 22.5 Å². The van der Waals surface area contributed by atoms with Crippen molar-refractivity contribution in [1.29, 1.82) is 0 Å². The lowest BCUT2D eigenvalue weighted by Gasteiger charge is -2.01. The van der Waals surface area contributed by atoms with Crippen molar-refractivity contribution in [2.45, 2.75) is 26.7 Å². The number of H-pyrrole nitrogens is 1. The van der Waals surface area contributed by atoms with Crippen molar-refractivity contribution in [2.24, 2.45) is 5.73 Å². The van der Waals surface area contributed by atoms with Gasteiger partial charge in [-0.25, -0.2) is 0 Å². The summed E-state index contributed by atoms with van der Waals surface area (Å²) in [6.07, 6.45) is 3.91. The van der Waals surface area contributed by atoms with Gasteiger partial charge in [-0.2, -0.15) is 0 Å². The maximum absolute atomic E-state index is 11.1. The molecule has 0 radical (unpaired) electrons. The van der Waals surface area contributed by atoms with Gasteiger partial charge in [-0.1, -0.05) is 0 Å². The van der Waals surface area contributed by atoms with Crippen LogP contribution in [0.5, 0.6) is 0 Å². The van der Waals surface area contributed by atoms with Crippen LogP contribution in [0.3, 0.4) is 0 Å². The monoisotopic (exact) mass is 250 g/mol. The highest BCUT2D eigenvalue weighted by atomic mass is 16.5. The van der Waals surface area contributed by atoms with Gasteiger partial charge in [0.25, 0.3) is 0 Å². The van der Waals surface area contributed by atoms with Crippen molar-refractivity contribution in [3.8, 4) is 0 Å². The first-order valence-electron chi connectivity index (χ1n) is 5.68. The molecule has 18 heavy (non-hydrogen) atoms. The second-order valence-corrected chi connectivity index (χ2v) is 4.08. The minimum Gasteiger partial charge on any atom is -0.469 e. The maximum Gasteiger partial charge on any atom is 0.305 e. The van der Waals surface area contributed by atoms with Crippen molar-refractivity contribution >= 4 is 18.0 Å². The van der Waals surface area contributed by atoms with E-state index in [-0.39, 0.29) is 5.97 Å². The van der Waals surface area contributed by atoms with Gasteiger partial charge in [0.05, 0.1) is 7.11 Å². The molecule has 0 aliphatic heterocycles. The maximum atomic E-state index is 11.1. The fraction of sp³-hybridized carbons (Fsp3) is 0.385. The predicted octanol–water partition coefficient (Wildman–Crippen LogP) is 1.24. The third-order valence-corrected chi connectivity index (χ3v) is 2.85. The molecule has 1 heterocycles. The van der Waals surface area contributed by atoms with Crippen molar-refractivity contribution in [1.82, 2.24) is 4.98 Å². The molecule has 0 fully saturated rings. The molecule has 0 bridgehead atoms. The molecule has 0 unspecified atom stereocenters. The van der Waals surface area contributed by atoms with Gasteiger partial charge in [-0.3, -0.25) is 9.59 Å². The number of rotatable bonds is 5. The number of primary amides is 1. The first kappa shape index (κ1) is 14.0. The number of carbonyl (C=O) groups is 2. The molecular weight excluding hydrogens is 232 g/mol. The average Bonchev–Trinajstić information content (AvgIpc) is 2.59. The summed E-state index contributed by atoms with van der Waals surface area (Å²) in [7, 11) is 1.38. The van der Waals surface area contributed by atoms with Gasteiger partial charge >= 0.3 is 5.97 Å². The first-order valence-corrected chi connectivity index (χ1v) is 5.68. The summed E-state index contributed by atoms with van der Waals surface area (Å²) in [5.41, 5.74) is 8.97. The molecule has 5 nitrogen and oxygen atoms in total. The molecule has 0 aliphatic carbocycles. The second kappa shape index (κ2) is 6.05. The van der Waals surface area contributed by atoms with Crippen LogP contribution < -0.4 is 5.73 Å². The van der Waals surface area contributed by atoms with Crippen molar-refractivity contribution in [3.05, 3.63) is 28.6 Å². The number of ether oxygens (including phenoxy) is 1. The zero-order valence-electron chi connectivity index (χ0n) is 10.9. The number of aromatic amines is 1. The number of nitrogens with two attached hydrogens (primary N) is 1. The van der Waals surface area contributed by atoms with Gasteiger partial charge < -0.3 is 15.5 Å². The van der Waals surface area contributed by atoms with Gasteiger partial charge in [-0.15, -0.1) is 0 Å². The standard InChI is InChI=1S/C13H18N2O3/c1-8-10(4-7-13(17)18-3)9(2)15-11(8)5-6-12(14)16/h5-6,15H,4,7H2,1-3H3,(H2,14,16)/b6-5+. The van der Waals surface area contributed by atoms with Crippen LogP contribution in [0.1, 0.15) is 28.9 Å². The number of carbonyl (C=O) groups excluding carboxylic acids is 2. The third-order valence-electron chi connectivity index (χ3n) is 2.85. The number of hydrogen-bond acceptors (Lipinski definition) is 3. The highest BCUT2D eigenvalue weighted by molar-refractivity contribution is 5.90. The topological polar surface area (TPSA) is 85.2 Å². The third kappa shape index (κ3) is 3.48. The molecule has 1 rings (SSSR count). The number of hydrogen-bond donors (Lipinski definition) is 2. The van der Waals surface area contributed by atoms with Crippen molar-refractivity contribution in [3.63, 3.8) is 0 Å². The molecule has 0 saturated heterocycles. The lowest BCUT2D eigenvalue weighted by atomic mass is 10.0. The van der Waals surface area contributed by atoms with E-state index in [0.29, 0.717) is 12.8 Å². The van der Waals surface area contributed by atoms with Crippen LogP contribution in [0.4, 0.5) is 0 Å². The highest BCUT2D eigenvalue weighted by Crippen LogP contribution is 2.20. The van der Waals surface area contributed by atoms with Crippen LogP contribution in [-0.2, 0) is 20.7 Å². The fourth-order valence-electron chi connectivity index (χ4n) is 1.85. The highest BCUT2D eigenvalue weighted by Gasteiger charge is 2.11. The van der Waals surface area contributed by atoms with Gasteiger partial charge in [0.1, 0.15) is 0 Å². The number of aromatic nitrogens is 1. The van der Waals surface area contributed by atoms with Gasteiger partial charge in [-0.05, 0) is 37.5 Å². The van der Waals surface area contributed by atoms with Gasteiger partial charge in [0.15, 0.2) is 0 Å². The van der Waals surface area contributed by atoms with Crippen LogP contribution in [0.2, 0.25) is 0 Å². The van der Waals surface area contributed by atoms with Crippen LogP contribution in [0, 0.1) is 13.8 Å². The summed E-state index contributed by atoms with van der Waals surface area (Å²) < 4.78 is 4.61. The smallest absolute Gasteiger partial charge is 0.305 e. The molecule has 0 aliphatic rings. The summed E-state index contributed by atoms with van der Waals surface area (Å²) in [6, 6.07) is 0. The van der Waals surface area contributed by atoms with E-state index in [1.54, 1.807) is 6.08 Å². The predicted molar refractivity (Wildman–Crippen MR) is 68.8 cm³/mol. The Bertz CT molecular complexity index is 487. The number of nitrogens with one attached hydrogen (secondary N) is 1. The number of aryl methyl sites for hydroxylation is 1. The molecule has 98 valence electrons. The zero-order valence-corrected chi connectivity index (χ0v) is 10.9. The molecule has 1 aromatic rings. The number of methoxy groups -OCH3 is 1. The van der Waals surface area contributed by atoms with E-state index < -0.39 is 5.91 Å². The number of amides is 1. The van der Waals surface area contributed by atoms with Gasteiger partial charge in [0.2, 0.25) is 5.91 Å². The Kier molecular flexibility index (Phi) is 4.71. The summed E-state index contributed by atoms with van der Waals surface area (Å²) in [5.74, 6) is -0.720. The Morgan fingerprint density at radius 1 is 1.39 bits per heavy atom. The van der Waals surface area contributed by atoms with Crippen LogP contribution >= 0.6 is 0 Å². The van der Waals surface area contributed by atoms with E-state index >= 15 is 0 Å². The Labute approximate surface area is 106 Å². The van der Waals surface area contributed by atoms with Gasteiger partial charge in [0, 0.05) is 23.9 Å². The van der Waals surface area contributed by atoms with E-state index in [9.17, 15) is 9.59 Å². The Morgan fingerprint density at radius 2 is 2.06 bits per heavy atom.